The third-order valence-corrected chi connectivity index (χ3v) is 2.77. The number of hydrogen-bond acceptors (Lipinski definition) is 2. The molecular weight excluding hydrogens is 241 g/mol. The first-order chi connectivity index (χ1) is 8.19. The Bertz CT molecular complexity index is 510. The maximum atomic E-state index is 13.1. The van der Waals surface area contributed by atoms with Gasteiger partial charge in [0.05, 0.1) is 12.2 Å². The number of benzene rings is 1. The highest BCUT2D eigenvalue weighted by Gasteiger charge is 2.04. The van der Waals surface area contributed by atoms with Gasteiger partial charge in [0.15, 0.2) is 0 Å². The monoisotopic (exact) mass is 253 g/mol. The number of rotatable bonds is 4. The van der Waals surface area contributed by atoms with Crippen molar-refractivity contribution >= 4 is 11.6 Å². The Labute approximate surface area is 104 Å². The van der Waals surface area contributed by atoms with Crippen molar-refractivity contribution in [2.45, 2.75) is 19.9 Å². The normalized spacial score (nSPS) is 10.8. The van der Waals surface area contributed by atoms with Gasteiger partial charge in [0.2, 0.25) is 0 Å². The highest BCUT2D eigenvalue weighted by atomic mass is 35.5. The molecule has 3 nitrogen and oxygen atoms in total. The minimum absolute atomic E-state index is 0.230. The van der Waals surface area contributed by atoms with Crippen molar-refractivity contribution in [1.29, 1.82) is 0 Å². The molecule has 0 amide bonds. The summed E-state index contributed by atoms with van der Waals surface area (Å²) in [6.45, 7) is 2.48. The Morgan fingerprint density at radius 2 is 2.24 bits per heavy atom. The second kappa shape index (κ2) is 5.27. The van der Waals surface area contributed by atoms with Crippen LogP contribution in [-0.4, -0.2) is 20.9 Å². The summed E-state index contributed by atoms with van der Waals surface area (Å²) in [5.74, 6) is 0.296. The van der Waals surface area contributed by atoms with Crippen LogP contribution in [-0.2, 0) is 13.0 Å². The number of nitrogens with zero attached hydrogens (tertiary/aromatic N) is 3. The quantitative estimate of drug-likeness (QED) is 0.784. The summed E-state index contributed by atoms with van der Waals surface area (Å²) in [7, 11) is 0. The summed E-state index contributed by atoms with van der Waals surface area (Å²) in [5, 5.41) is 7.98. The van der Waals surface area contributed by atoms with E-state index in [0.29, 0.717) is 18.8 Å². The summed E-state index contributed by atoms with van der Waals surface area (Å²) in [6.07, 6.45) is 2.54. The van der Waals surface area contributed by atoms with Crippen LogP contribution in [0, 0.1) is 12.7 Å². The molecule has 90 valence electrons. The van der Waals surface area contributed by atoms with E-state index >= 15 is 0 Å². The molecule has 0 saturated heterocycles. The van der Waals surface area contributed by atoms with Gasteiger partial charge < -0.3 is 0 Å². The van der Waals surface area contributed by atoms with E-state index in [4.69, 9.17) is 11.6 Å². The van der Waals surface area contributed by atoms with Crippen LogP contribution in [0.25, 0.3) is 0 Å². The molecule has 0 fully saturated rings. The molecule has 0 radical (unpaired) electrons. The van der Waals surface area contributed by atoms with E-state index in [1.165, 1.54) is 12.1 Å². The number of hydrogen-bond donors (Lipinski definition) is 0. The van der Waals surface area contributed by atoms with E-state index in [1.54, 1.807) is 10.7 Å². The number of aryl methyl sites for hydroxylation is 2. The van der Waals surface area contributed by atoms with Crippen molar-refractivity contribution in [2.75, 3.05) is 5.88 Å². The lowest BCUT2D eigenvalue weighted by atomic mass is 10.1. The first kappa shape index (κ1) is 12.0. The third-order valence-electron chi connectivity index (χ3n) is 2.58. The molecule has 2 aromatic rings. The topological polar surface area (TPSA) is 30.7 Å². The molecule has 0 atom stereocenters. The van der Waals surface area contributed by atoms with Gasteiger partial charge in [-0.05, 0) is 30.2 Å². The maximum absolute atomic E-state index is 13.1. The van der Waals surface area contributed by atoms with Crippen molar-refractivity contribution in [2.24, 2.45) is 0 Å². The average molecular weight is 254 g/mol. The molecule has 0 saturated carbocycles. The van der Waals surface area contributed by atoms with Crippen LogP contribution >= 0.6 is 11.6 Å². The number of aromatic nitrogens is 3. The van der Waals surface area contributed by atoms with Gasteiger partial charge in [0.1, 0.15) is 5.82 Å². The van der Waals surface area contributed by atoms with E-state index in [1.807, 2.05) is 13.1 Å². The van der Waals surface area contributed by atoms with Crippen molar-refractivity contribution in [3.05, 3.63) is 47.0 Å². The van der Waals surface area contributed by atoms with Gasteiger partial charge in [0, 0.05) is 18.5 Å². The molecule has 0 aliphatic carbocycles. The summed E-state index contributed by atoms with van der Waals surface area (Å²) >= 11 is 5.62. The number of halogens is 2. The van der Waals surface area contributed by atoms with E-state index in [2.05, 4.69) is 10.3 Å². The Hall–Kier alpha value is -1.42. The maximum Gasteiger partial charge on any atom is 0.123 e. The second-order valence-electron chi connectivity index (χ2n) is 3.92. The van der Waals surface area contributed by atoms with Gasteiger partial charge in [0.25, 0.3) is 0 Å². The van der Waals surface area contributed by atoms with Crippen LogP contribution in [0.1, 0.15) is 16.8 Å². The SMILES string of the molecule is Cc1ccc(F)cc1Cn1cc(CCCl)nn1. The predicted molar refractivity (Wildman–Crippen MR) is 64.7 cm³/mol. The summed E-state index contributed by atoms with van der Waals surface area (Å²) in [6, 6.07) is 4.75. The highest BCUT2D eigenvalue weighted by molar-refractivity contribution is 6.17. The van der Waals surface area contributed by atoms with Crippen molar-refractivity contribution in [3.8, 4) is 0 Å². The third kappa shape index (κ3) is 3.03. The Morgan fingerprint density at radius 1 is 1.41 bits per heavy atom. The standard InChI is InChI=1S/C12H13ClFN3/c1-9-2-3-11(14)6-10(9)7-17-8-12(4-5-13)15-16-17/h2-3,6,8H,4-5,7H2,1H3. The minimum atomic E-state index is -0.230. The lowest BCUT2D eigenvalue weighted by molar-refractivity contribution is 0.612. The van der Waals surface area contributed by atoms with Gasteiger partial charge in [-0.15, -0.1) is 16.7 Å². The molecule has 2 rings (SSSR count). The highest BCUT2D eigenvalue weighted by Crippen LogP contribution is 2.11. The lowest BCUT2D eigenvalue weighted by Gasteiger charge is -2.05. The summed E-state index contributed by atoms with van der Waals surface area (Å²) in [5.41, 5.74) is 2.81. The van der Waals surface area contributed by atoms with Gasteiger partial charge in [-0.2, -0.15) is 0 Å². The molecule has 5 heteroatoms. The molecular formula is C12H13ClFN3. The largest absolute Gasteiger partial charge is 0.248 e. The summed E-state index contributed by atoms with van der Waals surface area (Å²) < 4.78 is 14.8. The molecule has 1 aromatic carbocycles. The Balaban J connectivity index is 2.16. The van der Waals surface area contributed by atoms with Gasteiger partial charge >= 0.3 is 0 Å². The molecule has 0 spiro atoms. The zero-order chi connectivity index (χ0) is 12.3. The zero-order valence-corrected chi connectivity index (χ0v) is 10.3. The van der Waals surface area contributed by atoms with Crippen LogP contribution in [0.4, 0.5) is 4.39 Å². The van der Waals surface area contributed by atoms with Crippen LogP contribution in [0.5, 0.6) is 0 Å². The molecule has 1 heterocycles. The van der Waals surface area contributed by atoms with Gasteiger partial charge in [-0.1, -0.05) is 11.3 Å². The average Bonchev–Trinajstić information content (AvgIpc) is 2.72. The zero-order valence-electron chi connectivity index (χ0n) is 9.53. The van der Waals surface area contributed by atoms with Crippen LogP contribution < -0.4 is 0 Å². The molecule has 17 heavy (non-hydrogen) atoms. The molecule has 0 N–H and O–H groups in total. The van der Waals surface area contributed by atoms with Gasteiger partial charge in [-0.25, -0.2) is 9.07 Å². The second-order valence-corrected chi connectivity index (χ2v) is 4.30. The fourth-order valence-corrected chi connectivity index (χ4v) is 1.81. The smallest absolute Gasteiger partial charge is 0.123 e. The molecule has 0 aliphatic rings. The summed E-state index contributed by atoms with van der Waals surface area (Å²) in [4.78, 5) is 0. The van der Waals surface area contributed by atoms with Gasteiger partial charge in [-0.3, -0.25) is 0 Å². The molecule has 1 aromatic heterocycles. The van der Waals surface area contributed by atoms with Crippen molar-refractivity contribution in [1.82, 2.24) is 15.0 Å². The first-order valence-electron chi connectivity index (χ1n) is 5.39. The molecule has 0 unspecified atom stereocenters. The van der Waals surface area contributed by atoms with Crippen LogP contribution in [0.15, 0.2) is 24.4 Å². The van der Waals surface area contributed by atoms with E-state index in [9.17, 15) is 4.39 Å². The van der Waals surface area contributed by atoms with E-state index in [0.717, 1.165) is 16.8 Å². The lowest BCUT2D eigenvalue weighted by Crippen LogP contribution is -2.02. The van der Waals surface area contributed by atoms with Crippen LogP contribution in [0.3, 0.4) is 0 Å². The van der Waals surface area contributed by atoms with Crippen LogP contribution in [0.2, 0.25) is 0 Å². The first-order valence-corrected chi connectivity index (χ1v) is 5.92. The Kier molecular flexibility index (Phi) is 3.74. The molecule has 0 aliphatic heterocycles. The minimum Gasteiger partial charge on any atom is -0.248 e. The predicted octanol–water partition coefficient (Wildman–Crippen LogP) is 2.56. The number of alkyl halides is 1. The van der Waals surface area contributed by atoms with Crippen molar-refractivity contribution in [3.63, 3.8) is 0 Å². The van der Waals surface area contributed by atoms with E-state index in [-0.39, 0.29) is 5.82 Å². The molecule has 0 bridgehead atoms. The fraction of sp³-hybridized carbons (Fsp3) is 0.333. The Morgan fingerprint density at radius 3 is 3.00 bits per heavy atom. The van der Waals surface area contributed by atoms with E-state index < -0.39 is 0 Å². The fourth-order valence-electron chi connectivity index (χ4n) is 1.61. The van der Waals surface area contributed by atoms with Crippen molar-refractivity contribution < 1.29 is 4.39 Å².